The molecule has 2 saturated carbocycles. The van der Waals surface area contributed by atoms with E-state index in [9.17, 15) is 10.1 Å². The van der Waals surface area contributed by atoms with Gasteiger partial charge in [0.05, 0.1) is 19.1 Å². The Morgan fingerprint density at radius 1 is 1.04 bits per heavy atom. The third-order valence-corrected chi connectivity index (χ3v) is 5.21. The lowest BCUT2D eigenvalue weighted by Crippen LogP contribution is -2.30. The molecule has 0 spiro atoms. The van der Waals surface area contributed by atoms with Crippen LogP contribution in [0.25, 0.3) is 0 Å². The van der Waals surface area contributed by atoms with Crippen molar-refractivity contribution in [3.8, 4) is 11.5 Å². The summed E-state index contributed by atoms with van der Waals surface area (Å²) in [5, 5.41) is 11.4. The molecule has 5 heteroatoms. The molecule has 0 amide bonds. The van der Waals surface area contributed by atoms with Crippen LogP contribution in [-0.2, 0) is 0 Å². The average Bonchev–Trinajstić information content (AvgIpc) is 3.08. The minimum absolute atomic E-state index is 0.0180. The summed E-state index contributed by atoms with van der Waals surface area (Å²) in [5.74, 6) is 1.44. The molecule has 0 bridgehead atoms. The summed E-state index contributed by atoms with van der Waals surface area (Å²) >= 11 is 0. The van der Waals surface area contributed by atoms with Crippen molar-refractivity contribution in [3.05, 3.63) is 33.9 Å². The SMILES string of the molecule is COc1ccc([C@@H]2CCCC[C@@H]2[N+](=O)[O-])cc1OC1CCCC1. The van der Waals surface area contributed by atoms with Gasteiger partial charge in [-0.05, 0) is 56.2 Å². The molecule has 0 heterocycles. The highest BCUT2D eigenvalue weighted by Crippen LogP contribution is 2.39. The fraction of sp³-hybridized carbons (Fsp3) is 0.667. The van der Waals surface area contributed by atoms with Crippen LogP contribution in [0.4, 0.5) is 0 Å². The van der Waals surface area contributed by atoms with Crippen LogP contribution in [0.5, 0.6) is 11.5 Å². The van der Waals surface area contributed by atoms with E-state index in [2.05, 4.69) is 0 Å². The number of hydrogen-bond donors (Lipinski definition) is 0. The van der Waals surface area contributed by atoms with E-state index in [1.807, 2.05) is 18.2 Å². The van der Waals surface area contributed by atoms with Crippen molar-refractivity contribution in [2.75, 3.05) is 7.11 Å². The van der Waals surface area contributed by atoms with E-state index >= 15 is 0 Å². The van der Waals surface area contributed by atoms with Crippen LogP contribution in [0.3, 0.4) is 0 Å². The molecule has 1 aromatic rings. The van der Waals surface area contributed by atoms with Crippen LogP contribution in [0.1, 0.15) is 62.8 Å². The molecular weight excluding hydrogens is 294 g/mol. The maximum atomic E-state index is 11.4. The second kappa shape index (κ2) is 7.20. The van der Waals surface area contributed by atoms with Crippen LogP contribution in [0, 0.1) is 10.1 Å². The van der Waals surface area contributed by atoms with Crippen LogP contribution in [0.2, 0.25) is 0 Å². The van der Waals surface area contributed by atoms with Crippen LogP contribution >= 0.6 is 0 Å². The molecule has 126 valence electrons. The Labute approximate surface area is 137 Å². The normalized spacial score (nSPS) is 25.3. The second-order valence-electron chi connectivity index (χ2n) is 6.68. The summed E-state index contributed by atoms with van der Waals surface area (Å²) in [5.41, 5.74) is 1.01. The van der Waals surface area contributed by atoms with Crippen molar-refractivity contribution < 1.29 is 14.4 Å². The lowest BCUT2D eigenvalue weighted by Gasteiger charge is -2.26. The number of nitrogens with zero attached hydrogens (tertiary/aromatic N) is 1. The zero-order chi connectivity index (χ0) is 16.2. The third-order valence-electron chi connectivity index (χ3n) is 5.21. The molecule has 0 unspecified atom stereocenters. The Hall–Kier alpha value is -1.78. The van der Waals surface area contributed by atoms with Crippen molar-refractivity contribution in [1.29, 1.82) is 0 Å². The van der Waals surface area contributed by atoms with E-state index in [1.54, 1.807) is 7.11 Å². The number of rotatable bonds is 5. The van der Waals surface area contributed by atoms with Gasteiger partial charge in [-0.25, -0.2) is 0 Å². The van der Waals surface area contributed by atoms with Gasteiger partial charge in [0.15, 0.2) is 11.5 Å². The molecule has 0 radical (unpaired) electrons. The summed E-state index contributed by atoms with van der Waals surface area (Å²) in [7, 11) is 1.64. The summed E-state index contributed by atoms with van der Waals surface area (Å²) in [6, 6.07) is 5.36. The van der Waals surface area contributed by atoms with Gasteiger partial charge in [0.25, 0.3) is 0 Å². The lowest BCUT2D eigenvalue weighted by atomic mass is 9.80. The Balaban J connectivity index is 1.85. The molecule has 3 rings (SSSR count). The first-order chi connectivity index (χ1) is 11.2. The minimum atomic E-state index is -0.475. The topological polar surface area (TPSA) is 61.6 Å². The summed E-state index contributed by atoms with van der Waals surface area (Å²) < 4.78 is 11.5. The third kappa shape index (κ3) is 3.59. The molecular formula is C18H25NO4. The van der Waals surface area contributed by atoms with Gasteiger partial charge >= 0.3 is 0 Å². The summed E-state index contributed by atoms with van der Waals surface area (Å²) in [6.07, 6.45) is 8.37. The van der Waals surface area contributed by atoms with Crippen molar-refractivity contribution >= 4 is 0 Å². The van der Waals surface area contributed by atoms with Gasteiger partial charge in [-0.15, -0.1) is 0 Å². The fourth-order valence-electron chi connectivity index (χ4n) is 3.95. The predicted molar refractivity (Wildman–Crippen MR) is 87.9 cm³/mol. The van der Waals surface area contributed by atoms with Crippen molar-refractivity contribution in [1.82, 2.24) is 0 Å². The number of ether oxygens (including phenoxy) is 2. The van der Waals surface area contributed by atoms with Crippen molar-refractivity contribution in [2.45, 2.75) is 69.4 Å². The highest BCUT2D eigenvalue weighted by atomic mass is 16.6. The maximum absolute atomic E-state index is 11.4. The Bertz CT molecular complexity index is 554. The smallest absolute Gasteiger partial charge is 0.219 e. The number of hydrogen-bond acceptors (Lipinski definition) is 4. The molecule has 0 aliphatic heterocycles. The van der Waals surface area contributed by atoms with Crippen molar-refractivity contribution in [3.63, 3.8) is 0 Å². The van der Waals surface area contributed by atoms with Gasteiger partial charge in [-0.1, -0.05) is 12.5 Å². The van der Waals surface area contributed by atoms with E-state index < -0.39 is 6.04 Å². The monoisotopic (exact) mass is 319 g/mol. The van der Waals surface area contributed by atoms with Gasteiger partial charge in [-0.3, -0.25) is 10.1 Å². The molecule has 0 aromatic heterocycles. The van der Waals surface area contributed by atoms with Gasteiger partial charge in [0.2, 0.25) is 6.04 Å². The first-order valence-corrected chi connectivity index (χ1v) is 8.67. The molecule has 2 aliphatic rings. The molecule has 5 nitrogen and oxygen atoms in total. The quantitative estimate of drug-likeness (QED) is 0.599. The first kappa shape index (κ1) is 16.1. The zero-order valence-electron chi connectivity index (χ0n) is 13.7. The summed E-state index contributed by atoms with van der Waals surface area (Å²) in [6.45, 7) is 0. The molecule has 2 fully saturated rings. The minimum Gasteiger partial charge on any atom is -0.493 e. The summed E-state index contributed by atoms with van der Waals surface area (Å²) in [4.78, 5) is 11.3. The van der Waals surface area contributed by atoms with Gasteiger partial charge in [0, 0.05) is 11.3 Å². The van der Waals surface area contributed by atoms with Crippen molar-refractivity contribution in [2.24, 2.45) is 0 Å². The number of benzene rings is 1. The largest absolute Gasteiger partial charge is 0.493 e. The predicted octanol–water partition coefficient (Wildman–Crippen LogP) is 4.32. The zero-order valence-corrected chi connectivity index (χ0v) is 13.7. The molecule has 0 saturated heterocycles. The lowest BCUT2D eigenvalue weighted by molar-refractivity contribution is -0.530. The number of methoxy groups -OCH3 is 1. The van der Waals surface area contributed by atoms with E-state index in [-0.39, 0.29) is 16.9 Å². The van der Waals surface area contributed by atoms with E-state index in [0.29, 0.717) is 12.2 Å². The van der Waals surface area contributed by atoms with Gasteiger partial charge in [0.1, 0.15) is 0 Å². The van der Waals surface area contributed by atoms with E-state index in [0.717, 1.165) is 43.4 Å². The highest BCUT2D eigenvalue weighted by molar-refractivity contribution is 5.44. The molecule has 1 aromatic carbocycles. The Morgan fingerprint density at radius 2 is 1.74 bits per heavy atom. The van der Waals surface area contributed by atoms with Crippen LogP contribution in [0.15, 0.2) is 18.2 Å². The molecule has 2 aliphatic carbocycles. The average molecular weight is 319 g/mol. The van der Waals surface area contributed by atoms with Crippen LogP contribution < -0.4 is 9.47 Å². The molecule has 0 N–H and O–H groups in total. The molecule has 2 atom stereocenters. The number of nitro groups is 1. The van der Waals surface area contributed by atoms with E-state index in [1.165, 1.54) is 12.8 Å². The second-order valence-corrected chi connectivity index (χ2v) is 6.68. The Kier molecular flexibility index (Phi) is 5.03. The maximum Gasteiger partial charge on any atom is 0.219 e. The standard InChI is InChI=1S/C18H25NO4/c1-22-17-11-10-13(12-18(17)23-14-6-2-3-7-14)15-8-4-5-9-16(15)19(20)21/h10-12,14-16H,2-9H2,1H3/t15-,16-/m0/s1. The molecule has 23 heavy (non-hydrogen) atoms. The van der Waals surface area contributed by atoms with Gasteiger partial charge in [-0.2, -0.15) is 0 Å². The first-order valence-electron chi connectivity index (χ1n) is 8.67. The van der Waals surface area contributed by atoms with E-state index in [4.69, 9.17) is 9.47 Å². The van der Waals surface area contributed by atoms with Gasteiger partial charge < -0.3 is 9.47 Å². The Morgan fingerprint density at radius 3 is 2.43 bits per heavy atom. The van der Waals surface area contributed by atoms with Crippen LogP contribution in [-0.4, -0.2) is 24.2 Å². The highest BCUT2D eigenvalue weighted by Gasteiger charge is 2.35. The fourth-order valence-corrected chi connectivity index (χ4v) is 3.95.